The van der Waals surface area contributed by atoms with Gasteiger partial charge in [0.15, 0.2) is 9.84 Å². The lowest BCUT2D eigenvalue weighted by Gasteiger charge is -2.06. The zero-order chi connectivity index (χ0) is 14.6. The van der Waals surface area contributed by atoms with E-state index < -0.39 is 9.84 Å². The van der Waals surface area contributed by atoms with Crippen molar-refractivity contribution in [3.8, 4) is 0 Å². The van der Waals surface area contributed by atoms with E-state index in [1.165, 1.54) is 24.3 Å². The first kappa shape index (κ1) is 14.3. The maximum absolute atomic E-state index is 11.9. The molecule has 4 nitrogen and oxygen atoms in total. The summed E-state index contributed by atoms with van der Waals surface area (Å²) in [5.74, 6) is -0.228. The Hall–Kier alpha value is -2.14. The summed E-state index contributed by atoms with van der Waals surface area (Å²) in [6, 6.07) is 15.5. The van der Waals surface area contributed by atoms with E-state index in [9.17, 15) is 13.2 Å². The summed E-state index contributed by atoms with van der Waals surface area (Å²) in [6.07, 6.45) is 1.14. The molecule has 0 aliphatic heterocycles. The van der Waals surface area contributed by atoms with E-state index in [1.54, 1.807) is 0 Å². The van der Waals surface area contributed by atoms with Gasteiger partial charge in [-0.15, -0.1) is 0 Å². The number of sulfone groups is 1. The molecule has 20 heavy (non-hydrogen) atoms. The lowest BCUT2D eigenvalue weighted by Crippen LogP contribution is -2.22. The van der Waals surface area contributed by atoms with E-state index in [-0.39, 0.29) is 10.8 Å². The zero-order valence-electron chi connectivity index (χ0n) is 11.0. The Balaban J connectivity index is 2.03. The number of nitrogens with one attached hydrogen (secondary N) is 1. The summed E-state index contributed by atoms with van der Waals surface area (Å²) in [5, 5.41) is 2.79. The van der Waals surface area contributed by atoms with E-state index in [0.717, 1.165) is 11.8 Å². The molecule has 0 saturated carbocycles. The average molecular weight is 289 g/mol. The first-order chi connectivity index (χ1) is 9.47. The van der Waals surface area contributed by atoms with E-state index in [2.05, 4.69) is 5.32 Å². The summed E-state index contributed by atoms with van der Waals surface area (Å²) < 4.78 is 22.6. The first-order valence-electron chi connectivity index (χ1n) is 6.09. The van der Waals surface area contributed by atoms with Gasteiger partial charge in [0.1, 0.15) is 0 Å². The van der Waals surface area contributed by atoms with Crippen LogP contribution in [0.25, 0.3) is 0 Å². The minimum atomic E-state index is -3.23. The lowest BCUT2D eigenvalue weighted by atomic mass is 10.2. The molecular formula is C15H15NO3S. The molecular weight excluding hydrogens is 274 g/mol. The van der Waals surface area contributed by atoms with E-state index >= 15 is 0 Å². The van der Waals surface area contributed by atoms with Crippen molar-refractivity contribution in [1.29, 1.82) is 0 Å². The number of rotatable bonds is 4. The summed E-state index contributed by atoms with van der Waals surface area (Å²) in [6.45, 7) is 0.438. The second kappa shape index (κ2) is 5.88. The Bertz CT molecular complexity index is 692. The number of carbonyl (C=O) groups excluding carboxylic acids is 1. The molecule has 0 aliphatic rings. The second-order valence-electron chi connectivity index (χ2n) is 4.46. The van der Waals surface area contributed by atoms with Crippen LogP contribution in [0, 0.1) is 0 Å². The predicted molar refractivity (Wildman–Crippen MR) is 77.2 cm³/mol. The number of hydrogen-bond acceptors (Lipinski definition) is 3. The van der Waals surface area contributed by atoms with Crippen LogP contribution >= 0.6 is 0 Å². The van der Waals surface area contributed by atoms with Crippen molar-refractivity contribution in [1.82, 2.24) is 5.32 Å². The van der Waals surface area contributed by atoms with Gasteiger partial charge in [-0.1, -0.05) is 30.3 Å². The van der Waals surface area contributed by atoms with Crippen molar-refractivity contribution >= 4 is 15.7 Å². The molecule has 0 spiro atoms. The van der Waals surface area contributed by atoms with Gasteiger partial charge in [-0.05, 0) is 29.8 Å². The molecule has 0 radical (unpaired) electrons. The monoisotopic (exact) mass is 289 g/mol. The highest BCUT2D eigenvalue weighted by Gasteiger charge is 2.09. The third-order valence-corrected chi connectivity index (χ3v) is 3.97. The quantitative estimate of drug-likeness (QED) is 0.936. The largest absolute Gasteiger partial charge is 0.348 e. The molecule has 104 valence electrons. The maximum atomic E-state index is 11.9. The molecule has 1 N–H and O–H groups in total. The fraction of sp³-hybridized carbons (Fsp3) is 0.133. The van der Waals surface area contributed by atoms with Gasteiger partial charge in [0.05, 0.1) is 4.90 Å². The molecule has 0 saturated heterocycles. The molecule has 5 heteroatoms. The Morgan fingerprint density at radius 2 is 1.60 bits per heavy atom. The van der Waals surface area contributed by atoms with Crippen molar-refractivity contribution < 1.29 is 13.2 Å². The third kappa shape index (κ3) is 3.68. The number of hydrogen-bond donors (Lipinski definition) is 1. The van der Waals surface area contributed by atoms with Crippen molar-refractivity contribution in [3.63, 3.8) is 0 Å². The van der Waals surface area contributed by atoms with Crippen LogP contribution in [0.2, 0.25) is 0 Å². The van der Waals surface area contributed by atoms with Crippen LogP contribution in [0.3, 0.4) is 0 Å². The van der Waals surface area contributed by atoms with Crippen molar-refractivity contribution in [2.45, 2.75) is 11.4 Å². The normalized spacial score (nSPS) is 11.1. The minimum absolute atomic E-state index is 0.206. The van der Waals surface area contributed by atoms with Crippen LogP contribution in [-0.2, 0) is 16.4 Å². The summed E-state index contributed by atoms with van der Waals surface area (Å²) in [4.78, 5) is 12.1. The Labute approximate surface area is 118 Å². The molecule has 0 fully saturated rings. The van der Waals surface area contributed by atoms with Gasteiger partial charge in [0.25, 0.3) is 5.91 Å². The SMILES string of the molecule is CS(=O)(=O)c1ccc(C(=O)NCc2ccccc2)cc1. The van der Waals surface area contributed by atoms with E-state index in [1.807, 2.05) is 30.3 Å². The fourth-order valence-corrected chi connectivity index (χ4v) is 2.36. The molecule has 2 aromatic rings. The first-order valence-corrected chi connectivity index (χ1v) is 7.98. The van der Waals surface area contributed by atoms with Gasteiger partial charge >= 0.3 is 0 Å². The van der Waals surface area contributed by atoms with Gasteiger partial charge < -0.3 is 5.32 Å². The maximum Gasteiger partial charge on any atom is 0.251 e. The van der Waals surface area contributed by atoms with Gasteiger partial charge in [0, 0.05) is 18.4 Å². The average Bonchev–Trinajstić information content (AvgIpc) is 2.45. The van der Waals surface area contributed by atoms with Crippen LogP contribution in [-0.4, -0.2) is 20.6 Å². The summed E-state index contributed by atoms with van der Waals surface area (Å²) >= 11 is 0. The van der Waals surface area contributed by atoms with Crippen LogP contribution in [0.15, 0.2) is 59.5 Å². The van der Waals surface area contributed by atoms with E-state index in [0.29, 0.717) is 12.1 Å². The standard InChI is InChI=1S/C15H15NO3S/c1-20(18,19)14-9-7-13(8-10-14)15(17)16-11-12-5-3-2-4-6-12/h2-10H,11H2,1H3,(H,16,17). The molecule has 0 aromatic heterocycles. The van der Waals surface area contributed by atoms with Gasteiger partial charge in [-0.2, -0.15) is 0 Å². The molecule has 0 heterocycles. The topological polar surface area (TPSA) is 63.2 Å². The van der Waals surface area contributed by atoms with Crippen LogP contribution < -0.4 is 5.32 Å². The molecule has 0 aliphatic carbocycles. The highest BCUT2D eigenvalue weighted by atomic mass is 32.2. The lowest BCUT2D eigenvalue weighted by molar-refractivity contribution is 0.0951. The van der Waals surface area contributed by atoms with Crippen molar-refractivity contribution in [2.24, 2.45) is 0 Å². The number of carbonyl (C=O) groups is 1. The number of amides is 1. The molecule has 0 bridgehead atoms. The molecule has 0 atom stereocenters. The Morgan fingerprint density at radius 3 is 2.15 bits per heavy atom. The van der Waals surface area contributed by atoms with Gasteiger partial charge in [0.2, 0.25) is 0 Å². The molecule has 1 amide bonds. The molecule has 2 aromatic carbocycles. The second-order valence-corrected chi connectivity index (χ2v) is 6.48. The zero-order valence-corrected chi connectivity index (χ0v) is 11.9. The van der Waals surface area contributed by atoms with Crippen LogP contribution in [0.4, 0.5) is 0 Å². The molecule has 0 unspecified atom stereocenters. The fourth-order valence-electron chi connectivity index (χ4n) is 1.73. The smallest absolute Gasteiger partial charge is 0.251 e. The predicted octanol–water partition coefficient (Wildman–Crippen LogP) is 2.02. The van der Waals surface area contributed by atoms with E-state index in [4.69, 9.17) is 0 Å². The third-order valence-electron chi connectivity index (χ3n) is 2.84. The highest BCUT2D eigenvalue weighted by molar-refractivity contribution is 7.90. The van der Waals surface area contributed by atoms with Crippen molar-refractivity contribution in [2.75, 3.05) is 6.26 Å². The van der Waals surface area contributed by atoms with Crippen molar-refractivity contribution in [3.05, 3.63) is 65.7 Å². The van der Waals surface area contributed by atoms with Gasteiger partial charge in [-0.3, -0.25) is 4.79 Å². The van der Waals surface area contributed by atoms with Gasteiger partial charge in [-0.25, -0.2) is 8.42 Å². The Kier molecular flexibility index (Phi) is 4.20. The van der Waals surface area contributed by atoms with Crippen LogP contribution in [0.5, 0.6) is 0 Å². The summed E-state index contributed by atoms with van der Waals surface area (Å²) in [7, 11) is -3.23. The summed E-state index contributed by atoms with van der Waals surface area (Å²) in [5.41, 5.74) is 1.45. The Morgan fingerprint density at radius 1 is 1.00 bits per heavy atom. The number of benzene rings is 2. The van der Waals surface area contributed by atoms with Crippen LogP contribution in [0.1, 0.15) is 15.9 Å². The minimum Gasteiger partial charge on any atom is -0.348 e. The molecule has 2 rings (SSSR count). The highest BCUT2D eigenvalue weighted by Crippen LogP contribution is 2.10.